The molecule has 0 aliphatic carbocycles. The molecule has 4 nitrogen and oxygen atoms in total. The van der Waals surface area contributed by atoms with E-state index in [-0.39, 0.29) is 12.1 Å². The summed E-state index contributed by atoms with van der Waals surface area (Å²) in [6.07, 6.45) is -0.243. The standard InChI is InChI=1S/C6H14N2O2Se/c1-4(2-7)10-6(9)5(8)3-11/h4-5,11H,2-3,7-8H2,1H3/t4?,5-/m0/s1. The second kappa shape index (κ2) is 5.55. The van der Waals surface area contributed by atoms with Gasteiger partial charge in [-0.3, -0.25) is 0 Å². The topological polar surface area (TPSA) is 78.3 Å². The van der Waals surface area contributed by atoms with Crippen LogP contribution >= 0.6 is 0 Å². The molecule has 0 saturated carbocycles. The Morgan fingerprint density at radius 2 is 2.27 bits per heavy atom. The number of ether oxygens (including phenoxy) is 1. The minimum absolute atomic E-state index is 0.243. The molecule has 0 aromatic heterocycles. The Morgan fingerprint density at radius 1 is 1.73 bits per heavy atom. The van der Waals surface area contributed by atoms with Crippen LogP contribution in [0.15, 0.2) is 0 Å². The number of carbonyl (C=O) groups is 1. The molecular weight excluding hydrogens is 211 g/mol. The van der Waals surface area contributed by atoms with Crippen molar-refractivity contribution >= 4 is 22.0 Å². The van der Waals surface area contributed by atoms with Gasteiger partial charge in [0.1, 0.15) is 0 Å². The summed E-state index contributed by atoms with van der Waals surface area (Å²) < 4.78 is 4.85. The van der Waals surface area contributed by atoms with Gasteiger partial charge in [-0.15, -0.1) is 0 Å². The van der Waals surface area contributed by atoms with Gasteiger partial charge in [0.25, 0.3) is 0 Å². The van der Waals surface area contributed by atoms with Crippen molar-refractivity contribution in [2.75, 3.05) is 6.54 Å². The quantitative estimate of drug-likeness (QED) is 0.452. The van der Waals surface area contributed by atoms with Gasteiger partial charge in [-0.1, -0.05) is 0 Å². The fourth-order valence-electron chi connectivity index (χ4n) is 0.408. The second-order valence-corrected chi connectivity index (χ2v) is 3.04. The van der Waals surface area contributed by atoms with Crippen molar-refractivity contribution in [2.24, 2.45) is 11.5 Å². The second-order valence-electron chi connectivity index (χ2n) is 2.27. The van der Waals surface area contributed by atoms with Gasteiger partial charge >= 0.3 is 73.9 Å². The van der Waals surface area contributed by atoms with Gasteiger partial charge in [-0.2, -0.15) is 0 Å². The van der Waals surface area contributed by atoms with Crippen LogP contribution < -0.4 is 11.5 Å². The van der Waals surface area contributed by atoms with Crippen LogP contribution in [0.2, 0.25) is 5.32 Å². The summed E-state index contributed by atoms with van der Waals surface area (Å²) in [7, 11) is 0. The molecule has 0 bridgehead atoms. The van der Waals surface area contributed by atoms with E-state index < -0.39 is 6.04 Å². The first-order valence-electron chi connectivity index (χ1n) is 3.38. The van der Waals surface area contributed by atoms with Crippen LogP contribution in [0.5, 0.6) is 0 Å². The molecule has 2 atom stereocenters. The average Bonchev–Trinajstić information content (AvgIpc) is 2.02. The van der Waals surface area contributed by atoms with Crippen molar-refractivity contribution in [2.45, 2.75) is 24.4 Å². The van der Waals surface area contributed by atoms with Crippen molar-refractivity contribution in [3.63, 3.8) is 0 Å². The molecule has 4 N–H and O–H groups in total. The van der Waals surface area contributed by atoms with Gasteiger partial charge in [-0.25, -0.2) is 0 Å². The third kappa shape index (κ3) is 4.37. The van der Waals surface area contributed by atoms with E-state index in [0.717, 1.165) is 0 Å². The molecule has 0 aromatic rings. The fourth-order valence-corrected chi connectivity index (χ4v) is 0.721. The number of nitrogens with two attached hydrogens (primary N) is 2. The van der Waals surface area contributed by atoms with Gasteiger partial charge in [-0.05, 0) is 0 Å². The van der Waals surface area contributed by atoms with Gasteiger partial charge in [0, 0.05) is 0 Å². The van der Waals surface area contributed by atoms with Crippen molar-refractivity contribution in [3.8, 4) is 0 Å². The van der Waals surface area contributed by atoms with E-state index in [4.69, 9.17) is 16.2 Å². The number of rotatable bonds is 4. The molecule has 66 valence electrons. The van der Waals surface area contributed by atoms with E-state index in [2.05, 4.69) is 16.0 Å². The van der Waals surface area contributed by atoms with Crippen LogP contribution in [0.4, 0.5) is 0 Å². The molecule has 11 heavy (non-hydrogen) atoms. The van der Waals surface area contributed by atoms with Gasteiger partial charge in [0.15, 0.2) is 0 Å². The molecule has 0 aliphatic rings. The van der Waals surface area contributed by atoms with Crippen LogP contribution in [0.25, 0.3) is 0 Å². The summed E-state index contributed by atoms with van der Waals surface area (Å²) in [5.41, 5.74) is 10.6. The van der Waals surface area contributed by atoms with Gasteiger partial charge < -0.3 is 0 Å². The number of hydrogen-bond donors (Lipinski definition) is 2. The first-order valence-corrected chi connectivity index (χ1v) is 4.71. The average molecular weight is 225 g/mol. The summed E-state index contributed by atoms with van der Waals surface area (Å²) in [5, 5.41) is 0.531. The number of carbonyl (C=O) groups excluding carboxylic acids is 1. The van der Waals surface area contributed by atoms with Crippen LogP contribution in [0.1, 0.15) is 6.92 Å². The third-order valence-electron chi connectivity index (χ3n) is 1.15. The summed E-state index contributed by atoms with van der Waals surface area (Å²) in [6, 6.07) is -0.538. The molecule has 0 aliphatic heterocycles. The zero-order chi connectivity index (χ0) is 8.85. The van der Waals surface area contributed by atoms with E-state index in [1.54, 1.807) is 6.92 Å². The van der Waals surface area contributed by atoms with Crippen molar-refractivity contribution in [3.05, 3.63) is 0 Å². The molecule has 0 saturated heterocycles. The van der Waals surface area contributed by atoms with E-state index in [1.807, 2.05) is 0 Å². The summed E-state index contributed by atoms with van der Waals surface area (Å²) in [6.45, 7) is 2.06. The summed E-state index contributed by atoms with van der Waals surface area (Å²) >= 11 is 2.24. The molecule has 5 heteroatoms. The Bertz CT molecular complexity index is 132. The Hall–Kier alpha value is -0.0905. The molecule has 0 heterocycles. The number of hydrogen-bond acceptors (Lipinski definition) is 4. The zero-order valence-corrected chi connectivity index (χ0v) is 8.36. The molecule has 0 amide bonds. The van der Waals surface area contributed by atoms with Gasteiger partial charge in [0.05, 0.1) is 0 Å². The minimum atomic E-state index is -0.538. The molecule has 0 rings (SSSR count). The summed E-state index contributed by atoms with van der Waals surface area (Å²) in [5.74, 6) is -0.386. The first-order chi connectivity index (χ1) is 5.11. The van der Waals surface area contributed by atoms with Crippen LogP contribution in [0, 0.1) is 0 Å². The maximum absolute atomic E-state index is 10.9. The predicted molar refractivity (Wildman–Crippen MR) is 44.5 cm³/mol. The van der Waals surface area contributed by atoms with Crippen molar-refractivity contribution in [1.82, 2.24) is 0 Å². The molecular formula is C6H14N2O2Se. The van der Waals surface area contributed by atoms with E-state index >= 15 is 0 Å². The van der Waals surface area contributed by atoms with Crippen LogP contribution in [0.3, 0.4) is 0 Å². The molecule has 0 radical (unpaired) electrons. The summed E-state index contributed by atoms with van der Waals surface area (Å²) in [4.78, 5) is 10.9. The van der Waals surface area contributed by atoms with Gasteiger partial charge in [0.2, 0.25) is 0 Å². The van der Waals surface area contributed by atoms with Crippen LogP contribution in [-0.2, 0) is 9.53 Å². The van der Waals surface area contributed by atoms with E-state index in [0.29, 0.717) is 11.9 Å². The Balaban J connectivity index is 3.68. The normalized spacial score (nSPS) is 15.6. The Kier molecular flexibility index (Phi) is 5.50. The van der Waals surface area contributed by atoms with Crippen molar-refractivity contribution in [1.29, 1.82) is 0 Å². The van der Waals surface area contributed by atoms with Crippen LogP contribution in [-0.4, -0.2) is 40.7 Å². The zero-order valence-electron chi connectivity index (χ0n) is 6.49. The third-order valence-corrected chi connectivity index (χ3v) is 1.97. The predicted octanol–water partition coefficient (Wildman–Crippen LogP) is -1.48. The maximum atomic E-state index is 10.9. The SMILES string of the molecule is CC(CN)OC(=O)[C@@H](N)C[SeH]. The molecule has 1 unspecified atom stereocenters. The molecule has 0 spiro atoms. The monoisotopic (exact) mass is 226 g/mol. The van der Waals surface area contributed by atoms with Crippen molar-refractivity contribution < 1.29 is 9.53 Å². The first kappa shape index (κ1) is 10.9. The van der Waals surface area contributed by atoms with E-state index in [9.17, 15) is 4.79 Å². The Morgan fingerprint density at radius 3 is 2.64 bits per heavy atom. The molecule has 0 fully saturated rings. The number of esters is 1. The van der Waals surface area contributed by atoms with E-state index in [1.165, 1.54) is 0 Å². The Labute approximate surface area is 74.5 Å². The molecule has 0 aromatic carbocycles. The fraction of sp³-hybridized carbons (Fsp3) is 0.833.